The summed E-state index contributed by atoms with van der Waals surface area (Å²) in [6, 6.07) is 4.20. The zero-order chi connectivity index (χ0) is 19.4. The van der Waals surface area contributed by atoms with Gasteiger partial charge in [0.05, 0.1) is 16.4 Å². The fourth-order valence-corrected chi connectivity index (χ4v) is 2.63. The molecule has 0 bridgehead atoms. The van der Waals surface area contributed by atoms with Crippen molar-refractivity contribution in [2.45, 2.75) is 6.42 Å². The number of carbonyl (C=O) groups is 1. The normalized spacial score (nSPS) is 10.5. The van der Waals surface area contributed by atoms with Crippen LogP contribution in [0.1, 0.15) is 11.4 Å². The van der Waals surface area contributed by atoms with E-state index in [1.165, 1.54) is 18.2 Å². The number of carbonyl (C=O) groups excluding carboxylic acids is 1. The maximum absolute atomic E-state index is 14.2. The summed E-state index contributed by atoms with van der Waals surface area (Å²) in [6.45, 7) is 3.39. The molecule has 0 radical (unpaired) electrons. The Kier molecular flexibility index (Phi) is 5.60. The van der Waals surface area contributed by atoms with E-state index in [4.69, 9.17) is 0 Å². The molecule has 2 heterocycles. The summed E-state index contributed by atoms with van der Waals surface area (Å²) in [6.07, 6.45) is 6.85. The number of halogens is 2. The summed E-state index contributed by atoms with van der Waals surface area (Å²) in [5.41, 5.74) is 1.57. The monoisotopic (exact) mass is 430 g/mol. The predicted molar refractivity (Wildman–Crippen MR) is 104 cm³/mol. The van der Waals surface area contributed by atoms with Crippen LogP contribution in [0.5, 0.6) is 0 Å². The van der Waals surface area contributed by atoms with E-state index in [1.807, 2.05) is 13.2 Å². The van der Waals surface area contributed by atoms with Gasteiger partial charge in [-0.05, 0) is 45.8 Å². The zero-order valence-electron chi connectivity index (χ0n) is 14.4. The number of aryl methyl sites for hydroxylation is 1. The van der Waals surface area contributed by atoms with Gasteiger partial charge in [0.2, 0.25) is 5.91 Å². The molecule has 0 atom stereocenters. The number of amides is 1. The molecule has 0 spiro atoms. The average Bonchev–Trinajstić information content (AvgIpc) is 3.05. The molecule has 2 aromatic heterocycles. The molecule has 1 amide bonds. The zero-order valence-corrected chi connectivity index (χ0v) is 16.0. The van der Waals surface area contributed by atoms with Gasteiger partial charge in [0.15, 0.2) is 0 Å². The van der Waals surface area contributed by atoms with Crippen LogP contribution in [0.3, 0.4) is 0 Å². The SMILES string of the molecule is C=CC(=O)Nc1ccc(F)c(Nc2nc(Cc3cnn(C)c3)ncc2Br)c1. The van der Waals surface area contributed by atoms with Crippen LogP contribution >= 0.6 is 15.9 Å². The van der Waals surface area contributed by atoms with Crippen molar-refractivity contribution in [3.8, 4) is 0 Å². The molecule has 27 heavy (non-hydrogen) atoms. The maximum Gasteiger partial charge on any atom is 0.247 e. The first-order valence-electron chi connectivity index (χ1n) is 7.93. The summed E-state index contributed by atoms with van der Waals surface area (Å²) < 4.78 is 16.5. The number of rotatable bonds is 6. The number of aromatic nitrogens is 4. The van der Waals surface area contributed by atoms with Gasteiger partial charge in [-0.2, -0.15) is 5.10 Å². The lowest BCUT2D eigenvalue weighted by atomic mass is 10.2. The Hall–Kier alpha value is -3.07. The van der Waals surface area contributed by atoms with E-state index >= 15 is 0 Å². The van der Waals surface area contributed by atoms with Gasteiger partial charge in [0.1, 0.15) is 17.5 Å². The van der Waals surface area contributed by atoms with Gasteiger partial charge in [0.25, 0.3) is 0 Å². The van der Waals surface area contributed by atoms with E-state index in [-0.39, 0.29) is 11.6 Å². The smallest absolute Gasteiger partial charge is 0.247 e. The largest absolute Gasteiger partial charge is 0.337 e. The van der Waals surface area contributed by atoms with Crippen LogP contribution < -0.4 is 10.6 Å². The Morgan fingerprint density at radius 3 is 2.93 bits per heavy atom. The van der Waals surface area contributed by atoms with Gasteiger partial charge in [-0.3, -0.25) is 9.48 Å². The van der Waals surface area contributed by atoms with Crippen molar-refractivity contribution in [1.82, 2.24) is 19.7 Å². The third kappa shape index (κ3) is 4.76. The van der Waals surface area contributed by atoms with Crippen molar-refractivity contribution in [3.63, 3.8) is 0 Å². The molecule has 0 aliphatic carbocycles. The fourth-order valence-electron chi connectivity index (χ4n) is 2.34. The van der Waals surface area contributed by atoms with Crippen molar-refractivity contribution in [2.24, 2.45) is 7.05 Å². The molecule has 3 aromatic rings. The molecule has 7 nitrogen and oxygen atoms in total. The first kappa shape index (κ1) is 18.7. The number of anilines is 3. The molecule has 0 fully saturated rings. The highest BCUT2D eigenvalue weighted by molar-refractivity contribution is 9.10. The van der Waals surface area contributed by atoms with E-state index in [2.05, 4.69) is 48.2 Å². The van der Waals surface area contributed by atoms with Crippen molar-refractivity contribution in [3.05, 3.63) is 71.1 Å². The lowest BCUT2D eigenvalue weighted by molar-refractivity contribution is -0.111. The minimum absolute atomic E-state index is 0.170. The molecule has 0 aliphatic rings. The second-order valence-corrected chi connectivity index (χ2v) is 6.55. The highest BCUT2D eigenvalue weighted by Gasteiger charge is 2.11. The van der Waals surface area contributed by atoms with Gasteiger partial charge in [0, 0.05) is 31.5 Å². The lowest BCUT2D eigenvalue weighted by Gasteiger charge is -2.11. The van der Waals surface area contributed by atoms with Gasteiger partial charge in [-0.25, -0.2) is 14.4 Å². The standard InChI is InChI=1S/C18H16BrFN6O/c1-3-17(27)23-12-4-5-14(20)15(7-12)24-18-13(19)9-21-16(25-18)6-11-8-22-26(2)10-11/h3-5,7-10H,1,6H2,2H3,(H,23,27)(H,21,24,25). The van der Waals surface area contributed by atoms with Crippen LogP contribution in [0, 0.1) is 5.82 Å². The summed E-state index contributed by atoms with van der Waals surface area (Å²) in [5, 5.41) is 9.64. The van der Waals surface area contributed by atoms with Crippen LogP contribution in [0.25, 0.3) is 0 Å². The van der Waals surface area contributed by atoms with Gasteiger partial charge >= 0.3 is 0 Å². The lowest BCUT2D eigenvalue weighted by Crippen LogP contribution is -2.08. The van der Waals surface area contributed by atoms with Crippen LogP contribution in [0.15, 0.2) is 53.9 Å². The molecule has 2 N–H and O–H groups in total. The third-order valence-corrected chi connectivity index (χ3v) is 4.17. The summed E-state index contributed by atoms with van der Waals surface area (Å²) in [7, 11) is 1.83. The van der Waals surface area contributed by atoms with Crippen LogP contribution in [-0.4, -0.2) is 25.7 Å². The van der Waals surface area contributed by atoms with Crippen molar-refractivity contribution in [1.29, 1.82) is 0 Å². The van der Waals surface area contributed by atoms with Crippen molar-refractivity contribution >= 4 is 39.0 Å². The highest BCUT2D eigenvalue weighted by Crippen LogP contribution is 2.27. The quantitative estimate of drug-likeness (QED) is 0.583. The molecule has 138 valence electrons. The van der Waals surface area contributed by atoms with E-state index in [0.29, 0.717) is 28.2 Å². The maximum atomic E-state index is 14.2. The van der Waals surface area contributed by atoms with Crippen molar-refractivity contribution < 1.29 is 9.18 Å². The Bertz CT molecular complexity index is 1000. The Morgan fingerprint density at radius 2 is 2.22 bits per heavy atom. The fraction of sp³-hybridized carbons (Fsp3) is 0.111. The topological polar surface area (TPSA) is 84.7 Å². The molecule has 0 saturated heterocycles. The number of hydrogen-bond acceptors (Lipinski definition) is 5. The van der Waals surface area contributed by atoms with Crippen LogP contribution in [0.2, 0.25) is 0 Å². The van der Waals surface area contributed by atoms with Crippen molar-refractivity contribution in [2.75, 3.05) is 10.6 Å². The second-order valence-electron chi connectivity index (χ2n) is 5.69. The minimum Gasteiger partial charge on any atom is -0.337 e. The summed E-state index contributed by atoms with van der Waals surface area (Å²) >= 11 is 3.36. The molecule has 0 unspecified atom stereocenters. The van der Waals surface area contributed by atoms with E-state index < -0.39 is 5.82 Å². The molecule has 9 heteroatoms. The number of nitrogens with zero attached hydrogens (tertiary/aromatic N) is 4. The summed E-state index contributed by atoms with van der Waals surface area (Å²) in [4.78, 5) is 20.2. The third-order valence-electron chi connectivity index (χ3n) is 3.59. The Balaban J connectivity index is 1.84. The first-order chi connectivity index (χ1) is 12.9. The second kappa shape index (κ2) is 8.09. The molecular weight excluding hydrogens is 415 g/mol. The molecule has 0 saturated carbocycles. The van der Waals surface area contributed by atoms with E-state index in [0.717, 1.165) is 11.6 Å². The molecule has 0 aliphatic heterocycles. The molecule has 1 aromatic carbocycles. The molecule has 3 rings (SSSR count). The summed E-state index contributed by atoms with van der Waals surface area (Å²) in [5.74, 6) is 0.112. The Morgan fingerprint density at radius 1 is 1.41 bits per heavy atom. The van der Waals surface area contributed by atoms with Gasteiger partial charge in [-0.15, -0.1) is 0 Å². The number of nitrogens with one attached hydrogen (secondary N) is 2. The van der Waals surface area contributed by atoms with Crippen LogP contribution in [-0.2, 0) is 18.3 Å². The number of hydrogen-bond donors (Lipinski definition) is 2. The van der Waals surface area contributed by atoms with E-state index in [1.54, 1.807) is 17.1 Å². The Labute approximate surface area is 163 Å². The minimum atomic E-state index is -0.481. The van der Waals surface area contributed by atoms with Gasteiger partial charge < -0.3 is 10.6 Å². The van der Waals surface area contributed by atoms with E-state index in [9.17, 15) is 9.18 Å². The first-order valence-corrected chi connectivity index (χ1v) is 8.73. The van der Waals surface area contributed by atoms with Gasteiger partial charge in [-0.1, -0.05) is 6.58 Å². The van der Waals surface area contributed by atoms with Crippen LogP contribution in [0.4, 0.5) is 21.6 Å². The number of benzene rings is 1. The average molecular weight is 431 g/mol. The molecular formula is C18H16BrFN6O. The predicted octanol–water partition coefficient (Wildman–Crippen LogP) is 3.57. The highest BCUT2D eigenvalue weighted by atomic mass is 79.9.